The van der Waals surface area contributed by atoms with Gasteiger partial charge < -0.3 is 24.0 Å². The first-order chi connectivity index (χ1) is 6.25. The summed E-state index contributed by atoms with van der Waals surface area (Å²) in [5.41, 5.74) is 0. The number of halogens is 1. The third kappa shape index (κ3) is 3.03. The van der Waals surface area contributed by atoms with E-state index in [1.807, 2.05) is 22.7 Å². The molecule has 0 spiro atoms. The van der Waals surface area contributed by atoms with Gasteiger partial charge in [-0.3, -0.25) is 0 Å². The highest BCUT2D eigenvalue weighted by molar-refractivity contribution is 7.24. The zero-order valence-corrected chi connectivity index (χ0v) is 12.4. The predicted octanol–water partition coefficient (Wildman–Crippen LogP) is -0.738. The van der Waals surface area contributed by atoms with Crippen LogP contribution in [0.2, 0.25) is 0 Å². The molecule has 4 heteroatoms. The first kappa shape index (κ1) is 12.6. The standard InChI is InChI=1S/C10H16NS2.HI/c1-8-5-9(2)7-11(6-8)10-12-3-4-13-10;/h3-4,8-9H,5-7H2,1-2H3;1H/q+1;/p-1. The molecule has 2 heterocycles. The molecule has 0 bridgehead atoms. The maximum absolute atomic E-state index is 2.55. The van der Waals surface area contributed by atoms with E-state index in [1.165, 1.54) is 23.5 Å². The Bertz CT molecular complexity index is 313. The van der Waals surface area contributed by atoms with Crippen molar-refractivity contribution in [1.82, 2.24) is 4.58 Å². The summed E-state index contributed by atoms with van der Waals surface area (Å²) in [5.74, 6) is 1.72. The predicted molar refractivity (Wildman–Crippen MR) is 60.1 cm³/mol. The van der Waals surface area contributed by atoms with Crippen LogP contribution in [0.15, 0.2) is 10.8 Å². The van der Waals surface area contributed by atoms with Crippen molar-refractivity contribution in [3.63, 3.8) is 0 Å². The molecule has 1 fully saturated rings. The molecule has 0 amide bonds. The minimum atomic E-state index is 0. The third-order valence-corrected chi connectivity index (χ3v) is 4.73. The van der Waals surface area contributed by atoms with Gasteiger partial charge in [0.25, 0.3) is 0 Å². The lowest BCUT2D eigenvalue weighted by atomic mass is 9.93. The highest BCUT2D eigenvalue weighted by atomic mass is 127. The molecule has 2 rings (SSSR count). The highest BCUT2D eigenvalue weighted by Crippen LogP contribution is 2.16. The summed E-state index contributed by atoms with van der Waals surface area (Å²) in [4.78, 5) is 0. The van der Waals surface area contributed by atoms with Crippen LogP contribution in [0.1, 0.15) is 20.3 Å². The summed E-state index contributed by atoms with van der Waals surface area (Å²) in [6.07, 6.45) is 1.40. The molecule has 1 nitrogen and oxygen atoms in total. The normalized spacial score (nSPS) is 27.1. The topological polar surface area (TPSA) is 3.01 Å². The molecule has 0 saturated carbocycles. The number of hydrogen-bond donors (Lipinski definition) is 0. The van der Waals surface area contributed by atoms with Gasteiger partial charge in [-0.25, -0.2) is 4.58 Å². The van der Waals surface area contributed by atoms with Crippen molar-refractivity contribution >= 4 is 22.7 Å². The van der Waals surface area contributed by atoms with Crippen molar-refractivity contribution in [2.24, 2.45) is 11.8 Å². The van der Waals surface area contributed by atoms with Crippen LogP contribution < -0.4 is 32.5 Å². The number of rotatable bonds is 0. The van der Waals surface area contributed by atoms with Gasteiger partial charge in [0.15, 0.2) is 0 Å². The second-order valence-electron chi connectivity index (χ2n) is 4.12. The van der Waals surface area contributed by atoms with Gasteiger partial charge >= 0.3 is 3.98 Å². The molecular formula is C10H16INS2. The SMILES string of the molecule is CC1CC(C)C[N+](=c2sccs2)C1.[I-]. The number of nitrogens with zero attached hydrogens (tertiary/aromatic N) is 1. The Kier molecular flexibility index (Phi) is 5.06. The van der Waals surface area contributed by atoms with E-state index in [4.69, 9.17) is 0 Å². The molecule has 80 valence electrons. The Morgan fingerprint density at radius 3 is 2.14 bits per heavy atom. The van der Waals surface area contributed by atoms with Crippen LogP contribution in [0.5, 0.6) is 0 Å². The smallest absolute Gasteiger partial charge is 0.313 e. The van der Waals surface area contributed by atoms with Crippen LogP contribution in [-0.2, 0) is 0 Å². The van der Waals surface area contributed by atoms with Crippen LogP contribution in [0, 0.1) is 11.8 Å². The summed E-state index contributed by atoms with van der Waals surface area (Å²) in [6.45, 7) is 7.23. The van der Waals surface area contributed by atoms with Crippen LogP contribution in [0.3, 0.4) is 0 Å². The zero-order chi connectivity index (χ0) is 9.26. The Labute approximate surface area is 111 Å². The van der Waals surface area contributed by atoms with E-state index in [2.05, 4.69) is 29.2 Å². The lowest BCUT2D eigenvalue weighted by molar-refractivity contribution is -0.00000288. The second-order valence-corrected chi connectivity index (χ2v) is 6.17. The average Bonchev–Trinajstić information content (AvgIpc) is 2.53. The quantitative estimate of drug-likeness (QED) is 0.432. The molecule has 1 aliphatic rings. The highest BCUT2D eigenvalue weighted by Gasteiger charge is 2.24. The Hall–Kier alpha value is 0.580. The molecule has 14 heavy (non-hydrogen) atoms. The average molecular weight is 341 g/mol. The van der Waals surface area contributed by atoms with Gasteiger partial charge in [0.2, 0.25) is 0 Å². The van der Waals surface area contributed by atoms with Gasteiger partial charge in [0.1, 0.15) is 13.1 Å². The van der Waals surface area contributed by atoms with E-state index in [0.29, 0.717) is 0 Å². The van der Waals surface area contributed by atoms with Crippen molar-refractivity contribution in [2.75, 3.05) is 13.1 Å². The Morgan fingerprint density at radius 2 is 1.64 bits per heavy atom. The van der Waals surface area contributed by atoms with Crippen molar-refractivity contribution in [2.45, 2.75) is 20.3 Å². The Balaban J connectivity index is 0.000000980. The zero-order valence-electron chi connectivity index (χ0n) is 8.57. The first-order valence-corrected chi connectivity index (χ1v) is 6.62. The summed E-state index contributed by atoms with van der Waals surface area (Å²) in [6, 6.07) is 0. The van der Waals surface area contributed by atoms with Crippen molar-refractivity contribution in [1.29, 1.82) is 0 Å². The molecule has 1 aromatic heterocycles. The van der Waals surface area contributed by atoms with E-state index < -0.39 is 0 Å². The molecule has 0 radical (unpaired) electrons. The summed E-state index contributed by atoms with van der Waals surface area (Å²) >= 11 is 3.76. The van der Waals surface area contributed by atoms with Crippen LogP contribution in [0.25, 0.3) is 0 Å². The molecule has 1 saturated heterocycles. The van der Waals surface area contributed by atoms with E-state index in [0.717, 1.165) is 11.8 Å². The van der Waals surface area contributed by atoms with E-state index in [9.17, 15) is 0 Å². The Morgan fingerprint density at radius 1 is 1.14 bits per heavy atom. The van der Waals surface area contributed by atoms with Crippen LogP contribution >= 0.6 is 22.7 Å². The van der Waals surface area contributed by atoms with E-state index in [1.54, 1.807) is 0 Å². The molecule has 0 N–H and O–H groups in total. The lowest BCUT2D eigenvalue weighted by Crippen LogP contribution is -3.00. The van der Waals surface area contributed by atoms with Gasteiger partial charge in [-0.05, 0) is 6.42 Å². The fourth-order valence-corrected chi connectivity index (χ4v) is 3.99. The number of piperidine rings is 1. The minimum Gasteiger partial charge on any atom is -1.00 e. The van der Waals surface area contributed by atoms with Crippen molar-refractivity contribution < 1.29 is 24.0 Å². The van der Waals surface area contributed by atoms with Gasteiger partial charge in [0, 0.05) is 22.6 Å². The monoisotopic (exact) mass is 341 g/mol. The van der Waals surface area contributed by atoms with Crippen molar-refractivity contribution in [3.8, 4) is 0 Å². The van der Waals surface area contributed by atoms with Crippen LogP contribution in [-0.4, -0.2) is 13.1 Å². The van der Waals surface area contributed by atoms with Crippen molar-refractivity contribution in [3.05, 3.63) is 14.7 Å². The maximum Gasteiger partial charge on any atom is 0.313 e. The van der Waals surface area contributed by atoms with E-state index in [-0.39, 0.29) is 24.0 Å². The number of hydrogen-bond acceptors (Lipinski definition) is 2. The molecule has 1 aliphatic heterocycles. The molecule has 0 aromatic carbocycles. The molecular weight excluding hydrogens is 325 g/mol. The summed E-state index contributed by atoms with van der Waals surface area (Å²) in [7, 11) is 0. The van der Waals surface area contributed by atoms with Gasteiger partial charge in [-0.1, -0.05) is 36.5 Å². The van der Waals surface area contributed by atoms with Crippen LogP contribution in [0.4, 0.5) is 0 Å². The molecule has 0 aliphatic carbocycles. The molecule has 1 aromatic rings. The largest absolute Gasteiger partial charge is 1.00 e. The fraction of sp³-hybridized carbons (Fsp3) is 0.700. The summed E-state index contributed by atoms with van der Waals surface area (Å²) in [5, 5.41) is 4.37. The summed E-state index contributed by atoms with van der Waals surface area (Å²) < 4.78 is 4.03. The van der Waals surface area contributed by atoms with Gasteiger partial charge in [-0.2, -0.15) is 0 Å². The molecule has 2 atom stereocenters. The maximum atomic E-state index is 2.55. The van der Waals surface area contributed by atoms with Gasteiger partial charge in [-0.15, -0.1) is 0 Å². The third-order valence-electron chi connectivity index (χ3n) is 2.52. The first-order valence-electron chi connectivity index (χ1n) is 4.86. The molecule has 2 unspecified atom stereocenters. The second kappa shape index (κ2) is 5.61. The van der Waals surface area contributed by atoms with E-state index >= 15 is 0 Å². The van der Waals surface area contributed by atoms with Gasteiger partial charge in [0.05, 0.1) is 0 Å². The fourth-order valence-electron chi connectivity index (χ4n) is 2.16. The lowest BCUT2D eigenvalue weighted by Gasteiger charge is -2.21. The minimum absolute atomic E-state index is 0.